The molecule has 2 aromatic rings. The molecule has 0 aromatic heterocycles. The summed E-state index contributed by atoms with van der Waals surface area (Å²) in [5, 5.41) is 10.3. The molecule has 1 aliphatic heterocycles. The Kier molecular flexibility index (Phi) is 4.46. The van der Waals surface area contributed by atoms with Gasteiger partial charge >= 0.3 is 0 Å². The number of likely N-dealkylation sites (tertiary alicyclic amines) is 1. The van der Waals surface area contributed by atoms with E-state index in [0.717, 1.165) is 24.4 Å². The minimum Gasteiger partial charge on any atom is -0.486 e. The Morgan fingerprint density at radius 2 is 1.82 bits per heavy atom. The van der Waals surface area contributed by atoms with Crippen molar-refractivity contribution in [2.24, 2.45) is 0 Å². The van der Waals surface area contributed by atoms with Crippen molar-refractivity contribution in [3.8, 4) is 5.75 Å². The van der Waals surface area contributed by atoms with Crippen LogP contribution in [0.5, 0.6) is 5.75 Å². The van der Waals surface area contributed by atoms with Crippen LogP contribution in [0.4, 0.5) is 0 Å². The molecule has 1 N–H and O–H groups in total. The van der Waals surface area contributed by atoms with Crippen molar-refractivity contribution in [3.05, 3.63) is 65.2 Å². The highest BCUT2D eigenvalue weighted by Gasteiger charge is 2.33. The van der Waals surface area contributed by atoms with Gasteiger partial charge in [0.05, 0.1) is 0 Å². The third-order valence-corrected chi connectivity index (χ3v) is 4.39. The van der Waals surface area contributed by atoms with E-state index in [1.54, 1.807) is 0 Å². The van der Waals surface area contributed by atoms with Crippen LogP contribution in [0.15, 0.2) is 48.5 Å². The van der Waals surface area contributed by atoms with Crippen molar-refractivity contribution in [1.29, 1.82) is 0 Å². The van der Waals surface area contributed by atoms with Crippen LogP contribution in [0.2, 0.25) is 0 Å². The number of hydrogen-bond acceptors (Lipinski definition) is 3. The number of aliphatic hydroxyl groups excluding tert-OH is 1. The number of hydrogen-bond donors (Lipinski definition) is 1. The van der Waals surface area contributed by atoms with Crippen molar-refractivity contribution >= 4 is 0 Å². The number of ether oxygens (including phenoxy) is 1. The summed E-state index contributed by atoms with van der Waals surface area (Å²) in [4.78, 5) is 2.25. The van der Waals surface area contributed by atoms with Gasteiger partial charge in [-0.1, -0.05) is 42.5 Å². The van der Waals surface area contributed by atoms with Gasteiger partial charge in [0.2, 0.25) is 0 Å². The molecule has 3 nitrogen and oxygen atoms in total. The Bertz CT molecular complexity index is 627. The predicted molar refractivity (Wildman–Crippen MR) is 88.1 cm³/mol. The van der Waals surface area contributed by atoms with Crippen LogP contribution in [0.25, 0.3) is 0 Å². The van der Waals surface area contributed by atoms with Gasteiger partial charge in [-0.2, -0.15) is 0 Å². The van der Waals surface area contributed by atoms with Gasteiger partial charge in [-0.25, -0.2) is 0 Å². The van der Waals surface area contributed by atoms with E-state index in [9.17, 15) is 5.11 Å². The number of benzene rings is 2. The fraction of sp³-hybridized carbons (Fsp3) is 0.368. The first-order chi connectivity index (χ1) is 10.6. The maximum atomic E-state index is 10.3. The molecule has 0 unspecified atom stereocenters. The van der Waals surface area contributed by atoms with Gasteiger partial charge in [-0.15, -0.1) is 0 Å². The lowest BCUT2D eigenvalue weighted by atomic mass is 10.1. The Balaban J connectivity index is 1.65. The second kappa shape index (κ2) is 6.51. The SMILES string of the molecule is Cc1cccc(O[C@@H]2CN(Cc3ccccc3)C[C@H]2O)c1C. The average Bonchev–Trinajstić information content (AvgIpc) is 2.85. The quantitative estimate of drug-likeness (QED) is 0.942. The summed E-state index contributed by atoms with van der Waals surface area (Å²) in [6, 6.07) is 16.4. The van der Waals surface area contributed by atoms with E-state index in [0.29, 0.717) is 6.54 Å². The first kappa shape index (κ1) is 15.1. The number of β-amino-alcohol motifs (C(OH)–C–C–N with tert-alkyl or cyclic N) is 1. The van der Waals surface area contributed by atoms with E-state index in [-0.39, 0.29) is 6.10 Å². The standard InChI is InChI=1S/C19H23NO2/c1-14-7-6-10-18(15(14)2)22-19-13-20(12-17(19)21)11-16-8-4-3-5-9-16/h3-10,17,19,21H,11-13H2,1-2H3/t17-,19-/m1/s1. The topological polar surface area (TPSA) is 32.7 Å². The second-order valence-corrected chi connectivity index (χ2v) is 6.10. The highest BCUT2D eigenvalue weighted by atomic mass is 16.5. The van der Waals surface area contributed by atoms with E-state index in [2.05, 4.69) is 36.9 Å². The van der Waals surface area contributed by atoms with Crippen LogP contribution in [-0.2, 0) is 6.54 Å². The van der Waals surface area contributed by atoms with Gasteiger partial charge in [0.15, 0.2) is 0 Å². The maximum absolute atomic E-state index is 10.3. The summed E-state index contributed by atoms with van der Waals surface area (Å²) >= 11 is 0. The maximum Gasteiger partial charge on any atom is 0.138 e. The molecule has 0 saturated carbocycles. The third-order valence-electron chi connectivity index (χ3n) is 4.39. The molecule has 2 aromatic carbocycles. The van der Waals surface area contributed by atoms with Crippen molar-refractivity contribution < 1.29 is 9.84 Å². The molecule has 22 heavy (non-hydrogen) atoms. The van der Waals surface area contributed by atoms with E-state index >= 15 is 0 Å². The average molecular weight is 297 g/mol. The van der Waals surface area contributed by atoms with Gasteiger partial charge < -0.3 is 9.84 Å². The molecule has 1 fully saturated rings. The van der Waals surface area contributed by atoms with E-state index < -0.39 is 6.10 Å². The van der Waals surface area contributed by atoms with Crippen LogP contribution in [0.3, 0.4) is 0 Å². The summed E-state index contributed by atoms with van der Waals surface area (Å²) < 4.78 is 6.08. The van der Waals surface area contributed by atoms with Crippen LogP contribution >= 0.6 is 0 Å². The molecular formula is C19H23NO2. The lowest BCUT2D eigenvalue weighted by molar-refractivity contribution is 0.0732. The first-order valence-electron chi connectivity index (χ1n) is 7.80. The Morgan fingerprint density at radius 1 is 1.05 bits per heavy atom. The molecule has 0 bridgehead atoms. The molecule has 1 aliphatic rings. The summed E-state index contributed by atoms with van der Waals surface area (Å²) in [6.45, 7) is 6.40. The molecule has 0 spiro atoms. The van der Waals surface area contributed by atoms with E-state index in [1.165, 1.54) is 11.1 Å². The van der Waals surface area contributed by atoms with Gasteiger partial charge in [0.25, 0.3) is 0 Å². The molecule has 2 atom stereocenters. The van der Waals surface area contributed by atoms with Crippen LogP contribution in [0.1, 0.15) is 16.7 Å². The molecule has 3 heteroatoms. The van der Waals surface area contributed by atoms with Crippen LogP contribution < -0.4 is 4.74 Å². The molecule has 0 amide bonds. The van der Waals surface area contributed by atoms with Crippen molar-refractivity contribution in [1.82, 2.24) is 4.90 Å². The summed E-state index contributed by atoms with van der Waals surface area (Å²) in [5.41, 5.74) is 3.63. The minimum absolute atomic E-state index is 0.163. The van der Waals surface area contributed by atoms with Crippen molar-refractivity contribution in [3.63, 3.8) is 0 Å². The lowest BCUT2D eigenvalue weighted by Crippen LogP contribution is -2.30. The Morgan fingerprint density at radius 3 is 2.59 bits per heavy atom. The van der Waals surface area contributed by atoms with Crippen molar-refractivity contribution in [2.75, 3.05) is 13.1 Å². The van der Waals surface area contributed by atoms with Crippen LogP contribution in [0, 0.1) is 13.8 Å². The largest absolute Gasteiger partial charge is 0.486 e. The molecular weight excluding hydrogens is 274 g/mol. The highest BCUT2D eigenvalue weighted by molar-refractivity contribution is 5.38. The highest BCUT2D eigenvalue weighted by Crippen LogP contribution is 2.25. The van der Waals surface area contributed by atoms with Gasteiger partial charge in [0.1, 0.15) is 18.0 Å². The molecule has 1 saturated heterocycles. The smallest absolute Gasteiger partial charge is 0.138 e. The summed E-state index contributed by atoms with van der Waals surface area (Å²) in [6.07, 6.45) is -0.604. The zero-order valence-electron chi connectivity index (χ0n) is 13.2. The Hall–Kier alpha value is -1.84. The zero-order valence-corrected chi connectivity index (χ0v) is 13.2. The summed E-state index contributed by atoms with van der Waals surface area (Å²) in [7, 11) is 0. The third kappa shape index (κ3) is 3.32. The number of rotatable bonds is 4. The minimum atomic E-state index is -0.441. The zero-order chi connectivity index (χ0) is 15.5. The monoisotopic (exact) mass is 297 g/mol. The van der Waals surface area contributed by atoms with E-state index in [4.69, 9.17) is 4.74 Å². The number of aliphatic hydroxyl groups is 1. The molecule has 3 rings (SSSR count). The first-order valence-corrected chi connectivity index (χ1v) is 7.80. The fourth-order valence-corrected chi connectivity index (χ4v) is 2.93. The van der Waals surface area contributed by atoms with Crippen LogP contribution in [-0.4, -0.2) is 35.3 Å². The fourth-order valence-electron chi connectivity index (χ4n) is 2.93. The molecule has 1 heterocycles. The van der Waals surface area contributed by atoms with Gasteiger partial charge in [-0.05, 0) is 36.6 Å². The number of aryl methyl sites for hydroxylation is 1. The normalized spacial score (nSPS) is 22.0. The van der Waals surface area contributed by atoms with Gasteiger partial charge in [0, 0.05) is 19.6 Å². The second-order valence-electron chi connectivity index (χ2n) is 6.10. The number of nitrogens with zero attached hydrogens (tertiary/aromatic N) is 1. The predicted octanol–water partition coefficient (Wildman–Crippen LogP) is 2.93. The molecule has 0 aliphatic carbocycles. The Labute approximate surface area is 132 Å². The summed E-state index contributed by atoms with van der Waals surface area (Å²) in [5.74, 6) is 0.880. The molecule has 0 radical (unpaired) electrons. The molecule has 116 valence electrons. The van der Waals surface area contributed by atoms with Crippen molar-refractivity contribution in [2.45, 2.75) is 32.6 Å². The van der Waals surface area contributed by atoms with E-state index in [1.807, 2.05) is 30.3 Å². The lowest BCUT2D eigenvalue weighted by Gasteiger charge is -2.19. The van der Waals surface area contributed by atoms with Gasteiger partial charge in [-0.3, -0.25) is 4.90 Å².